The Morgan fingerprint density at radius 3 is 2.93 bits per heavy atom. The Morgan fingerprint density at radius 1 is 1.67 bits per heavy atom. The van der Waals surface area contributed by atoms with Crippen molar-refractivity contribution >= 4 is 17.5 Å². The van der Waals surface area contributed by atoms with Gasteiger partial charge in [-0.05, 0) is 25.7 Å². The van der Waals surface area contributed by atoms with Crippen molar-refractivity contribution in [2.45, 2.75) is 6.54 Å². The van der Waals surface area contributed by atoms with Crippen LogP contribution in [-0.4, -0.2) is 47.5 Å². The van der Waals surface area contributed by atoms with Gasteiger partial charge in [0.1, 0.15) is 6.54 Å². The highest BCUT2D eigenvalue weighted by Gasteiger charge is 2.04. The Labute approximate surface area is 94.0 Å². The van der Waals surface area contributed by atoms with E-state index in [9.17, 15) is 4.79 Å². The van der Waals surface area contributed by atoms with E-state index < -0.39 is 0 Å². The average Bonchev–Trinajstić information content (AvgIpc) is 2.51. The fourth-order valence-corrected chi connectivity index (χ4v) is 1.23. The third-order valence-corrected chi connectivity index (χ3v) is 2.17. The summed E-state index contributed by atoms with van der Waals surface area (Å²) in [5.74, 6) is -0.0586. The van der Waals surface area contributed by atoms with Gasteiger partial charge in [-0.2, -0.15) is 0 Å². The molecule has 0 aliphatic heterocycles. The van der Waals surface area contributed by atoms with Gasteiger partial charge in [0.05, 0.1) is 0 Å². The largest absolute Gasteiger partial charge is 0.353 e. The van der Waals surface area contributed by atoms with Crippen molar-refractivity contribution in [2.75, 3.05) is 27.2 Å². The molecule has 1 aromatic heterocycles. The van der Waals surface area contributed by atoms with E-state index in [0.717, 1.165) is 6.54 Å². The normalized spacial score (nSPS) is 10.7. The van der Waals surface area contributed by atoms with Crippen LogP contribution < -0.4 is 5.32 Å². The highest BCUT2D eigenvalue weighted by atomic mass is 35.5. The molecule has 0 aromatic carbocycles. The third-order valence-electron chi connectivity index (χ3n) is 1.86. The lowest BCUT2D eigenvalue weighted by Crippen LogP contribution is -2.33. The number of rotatable bonds is 5. The van der Waals surface area contributed by atoms with Gasteiger partial charge in [0, 0.05) is 25.5 Å². The second-order valence-electron chi connectivity index (χ2n) is 3.48. The SMILES string of the molecule is CN(C)CCNC(=O)Cn1ccnc1Cl. The van der Waals surface area contributed by atoms with Crippen LogP contribution in [0.4, 0.5) is 0 Å². The number of carbonyl (C=O) groups is 1. The topological polar surface area (TPSA) is 50.2 Å². The summed E-state index contributed by atoms with van der Waals surface area (Å²) in [6.45, 7) is 1.67. The second-order valence-corrected chi connectivity index (χ2v) is 3.82. The number of amides is 1. The molecule has 0 saturated carbocycles. The Balaban J connectivity index is 2.28. The molecule has 6 heteroatoms. The number of carbonyl (C=O) groups excluding carboxylic acids is 1. The van der Waals surface area contributed by atoms with Crippen molar-refractivity contribution in [3.05, 3.63) is 17.7 Å². The molecule has 0 saturated heterocycles. The first-order chi connectivity index (χ1) is 7.09. The fraction of sp³-hybridized carbons (Fsp3) is 0.556. The lowest BCUT2D eigenvalue weighted by Gasteiger charge is -2.10. The highest BCUT2D eigenvalue weighted by Crippen LogP contribution is 2.03. The number of likely N-dealkylation sites (N-methyl/N-ethyl adjacent to an activating group) is 1. The lowest BCUT2D eigenvalue weighted by atomic mass is 10.5. The number of nitrogens with one attached hydrogen (secondary N) is 1. The molecule has 84 valence electrons. The average molecular weight is 231 g/mol. The highest BCUT2D eigenvalue weighted by molar-refractivity contribution is 6.28. The van der Waals surface area contributed by atoms with E-state index >= 15 is 0 Å². The molecule has 1 aromatic rings. The monoisotopic (exact) mass is 230 g/mol. The van der Waals surface area contributed by atoms with Gasteiger partial charge in [0.15, 0.2) is 0 Å². The van der Waals surface area contributed by atoms with Gasteiger partial charge in [0.2, 0.25) is 11.2 Å². The number of imidazole rings is 1. The molecular weight excluding hydrogens is 216 g/mol. The first-order valence-electron chi connectivity index (χ1n) is 4.67. The maximum absolute atomic E-state index is 11.4. The standard InChI is InChI=1S/C9H15ClN4O/c1-13(2)5-3-11-8(15)7-14-6-4-12-9(14)10/h4,6H,3,5,7H2,1-2H3,(H,11,15). The molecular formula is C9H15ClN4O. The van der Waals surface area contributed by atoms with Gasteiger partial charge in [-0.1, -0.05) is 0 Å². The molecule has 1 rings (SSSR count). The summed E-state index contributed by atoms with van der Waals surface area (Å²) in [6, 6.07) is 0. The van der Waals surface area contributed by atoms with E-state index in [1.807, 2.05) is 19.0 Å². The number of halogens is 1. The maximum Gasteiger partial charge on any atom is 0.240 e. The van der Waals surface area contributed by atoms with Crippen LogP contribution in [0.25, 0.3) is 0 Å². The summed E-state index contributed by atoms with van der Waals surface area (Å²) in [6.07, 6.45) is 3.24. The molecule has 0 unspecified atom stereocenters. The molecule has 0 fully saturated rings. The van der Waals surface area contributed by atoms with Crippen LogP contribution in [-0.2, 0) is 11.3 Å². The zero-order valence-electron chi connectivity index (χ0n) is 8.90. The summed E-state index contributed by atoms with van der Waals surface area (Å²) in [7, 11) is 3.91. The van der Waals surface area contributed by atoms with Crippen LogP contribution in [0.5, 0.6) is 0 Å². The molecule has 0 atom stereocenters. The van der Waals surface area contributed by atoms with Gasteiger partial charge in [-0.15, -0.1) is 0 Å². The predicted octanol–water partition coefficient (Wildman–Crippen LogP) is 0.214. The van der Waals surface area contributed by atoms with E-state index in [2.05, 4.69) is 10.3 Å². The lowest BCUT2D eigenvalue weighted by molar-refractivity contribution is -0.121. The Hall–Kier alpha value is -1.07. The summed E-state index contributed by atoms with van der Waals surface area (Å²) in [4.78, 5) is 17.2. The van der Waals surface area contributed by atoms with Gasteiger partial charge < -0.3 is 14.8 Å². The van der Waals surface area contributed by atoms with Crippen LogP contribution in [0, 0.1) is 0 Å². The predicted molar refractivity (Wildman–Crippen MR) is 58.8 cm³/mol. The molecule has 0 aliphatic carbocycles. The summed E-state index contributed by atoms with van der Waals surface area (Å²) < 4.78 is 1.59. The molecule has 0 aliphatic rings. The zero-order valence-corrected chi connectivity index (χ0v) is 9.66. The number of aromatic nitrogens is 2. The van der Waals surface area contributed by atoms with Crippen LogP contribution >= 0.6 is 11.6 Å². The molecule has 0 bridgehead atoms. The number of hydrogen-bond donors (Lipinski definition) is 1. The fourth-order valence-electron chi connectivity index (χ4n) is 1.06. The summed E-state index contributed by atoms with van der Waals surface area (Å²) >= 11 is 5.73. The van der Waals surface area contributed by atoms with E-state index in [0.29, 0.717) is 11.8 Å². The molecule has 1 heterocycles. The van der Waals surface area contributed by atoms with Gasteiger partial charge in [0.25, 0.3) is 0 Å². The zero-order chi connectivity index (χ0) is 11.3. The van der Waals surface area contributed by atoms with Gasteiger partial charge in [-0.25, -0.2) is 4.98 Å². The molecule has 0 spiro atoms. The van der Waals surface area contributed by atoms with E-state index in [1.54, 1.807) is 17.0 Å². The third kappa shape index (κ3) is 4.31. The van der Waals surface area contributed by atoms with Crippen molar-refractivity contribution < 1.29 is 4.79 Å². The van der Waals surface area contributed by atoms with Crippen molar-refractivity contribution in [3.63, 3.8) is 0 Å². The van der Waals surface area contributed by atoms with Crippen molar-refractivity contribution in [1.29, 1.82) is 0 Å². The number of nitrogens with zero attached hydrogens (tertiary/aromatic N) is 3. The minimum absolute atomic E-state index is 0.0586. The van der Waals surface area contributed by atoms with Crippen LogP contribution in [0.2, 0.25) is 5.28 Å². The molecule has 1 N–H and O–H groups in total. The van der Waals surface area contributed by atoms with Crippen LogP contribution in [0.15, 0.2) is 12.4 Å². The Bertz CT molecular complexity index is 324. The van der Waals surface area contributed by atoms with Crippen LogP contribution in [0.3, 0.4) is 0 Å². The summed E-state index contributed by atoms with van der Waals surface area (Å²) in [5, 5.41) is 3.12. The van der Waals surface area contributed by atoms with Gasteiger partial charge in [-0.3, -0.25) is 4.79 Å². The van der Waals surface area contributed by atoms with E-state index in [-0.39, 0.29) is 12.5 Å². The van der Waals surface area contributed by atoms with Crippen molar-refractivity contribution in [1.82, 2.24) is 19.8 Å². The minimum atomic E-state index is -0.0586. The molecule has 5 nitrogen and oxygen atoms in total. The second kappa shape index (κ2) is 5.72. The van der Waals surface area contributed by atoms with Crippen LogP contribution in [0.1, 0.15) is 0 Å². The Kier molecular flexibility index (Phi) is 4.58. The molecule has 0 radical (unpaired) electrons. The Morgan fingerprint density at radius 2 is 2.40 bits per heavy atom. The molecule has 1 amide bonds. The van der Waals surface area contributed by atoms with E-state index in [4.69, 9.17) is 11.6 Å². The maximum atomic E-state index is 11.4. The smallest absolute Gasteiger partial charge is 0.240 e. The summed E-state index contributed by atoms with van der Waals surface area (Å²) in [5.41, 5.74) is 0. The van der Waals surface area contributed by atoms with Crippen molar-refractivity contribution in [2.24, 2.45) is 0 Å². The minimum Gasteiger partial charge on any atom is -0.353 e. The quantitative estimate of drug-likeness (QED) is 0.787. The van der Waals surface area contributed by atoms with Crippen molar-refractivity contribution in [3.8, 4) is 0 Å². The molecule has 15 heavy (non-hydrogen) atoms. The first-order valence-corrected chi connectivity index (χ1v) is 5.05. The first kappa shape index (κ1) is 12.0. The van der Waals surface area contributed by atoms with E-state index in [1.165, 1.54) is 0 Å². The number of hydrogen-bond acceptors (Lipinski definition) is 3. The van der Waals surface area contributed by atoms with Gasteiger partial charge >= 0.3 is 0 Å².